The van der Waals surface area contributed by atoms with E-state index in [1.807, 2.05) is 42.5 Å². The fourth-order valence-corrected chi connectivity index (χ4v) is 2.69. The SMILES string of the molecule is Clc1ccc(Br)cc1OCc1cc2ccccc2nc1Cl. The number of aromatic nitrogens is 1. The van der Waals surface area contributed by atoms with Crippen molar-refractivity contribution >= 4 is 50.0 Å². The lowest BCUT2D eigenvalue weighted by Crippen LogP contribution is -1.98. The van der Waals surface area contributed by atoms with Gasteiger partial charge in [0, 0.05) is 15.4 Å². The summed E-state index contributed by atoms with van der Waals surface area (Å²) in [6, 6.07) is 15.3. The summed E-state index contributed by atoms with van der Waals surface area (Å²) in [5, 5.41) is 2.03. The van der Waals surface area contributed by atoms with E-state index in [9.17, 15) is 0 Å². The van der Waals surface area contributed by atoms with E-state index in [0.29, 0.717) is 22.5 Å². The number of fused-ring (bicyclic) bond motifs is 1. The van der Waals surface area contributed by atoms with E-state index in [1.54, 1.807) is 6.07 Å². The number of benzene rings is 2. The van der Waals surface area contributed by atoms with Crippen molar-refractivity contribution < 1.29 is 4.74 Å². The van der Waals surface area contributed by atoms with Gasteiger partial charge in [0.1, 0.15) is 17.5 Å². The largest absolute Gasteiger partial charge is 0.487 e. The molecule has 0 radical (unpaired) electrons. The number of hydrogen-bond donors (Lipinski definition) is 0. The summed E-state index contributed by atoms with van der Waals surface area (Å²) in [4.78, 5) is 4.37. The van der Waals surface area contributed by atoms with E-state index in [4.69, 9.17) is 27.9 Å². The second-order valence-electron chi connectivity index (χ2n) is 4.49. The van der Waals surface area contributed by atoms with E-state index in [1.165, 1.54) is 0 Å². The van der Waals surface area contributed by atoms with Crippen molar-refractivity contribution in [3.8, 4) is 5.75 Å². The van der Waals surface area contributed by atoms with Crippen LogP contribution in [0.25, 0.3) is 10.9 Å². The molecule has 21 heavy (non-hydrogen) atoms. The Morgan fingerprint density at radius 2 is 1.86 bits per heavy atom. The second-order valence-corrected chi connectivity index (χ2v) is 6.18. The van der Waals surface area contributed by atoms with E-state index in [0.717, 1.165) is 20.9 Å². The molecule has 1 heterocycles. The van der Waals surface area contributed by atoms with Gasteiger partial charge in [0.15, 0.2) is 0 Å². The molecule has 0 unspecified atom stereocenters. The highest BCUT2D eigenvalue weighted by atomic mass is 79.9. The van der Waals surface area contributed by atoms with Gasteiger partial charge < -0.3 is 4.74 Å². The Balaban J connectivity index is 1.88. The zero-order valence-corrected chi connectivity index (χ0v) is 13.9. The third-order valence-electron chi connectivity index (χ3n) is 3.03. The average molecular weight is 383 g/mol. The molecule has 0 atom stereocenters. The molecule has 0 N–H and O–H groups in total. The summed E-state index contributed by atoms with van der Waals surface area (Å²) in [5.41, 5.74) is 1.69. The molecule has 0 saturated heterocycles. The maximum absolute atomic E-state index is 6.21. The van der Waals surface area contributed by atoms with Crippen LogP contribution in [0.1, 0.15) is 5.56 Å². The summed E-state index contributed by atoms with van der Waals surface area (Å²) >= 11 is 15.7. The minimum atomic E-state index is 0.312. The van der Waals surface area contributed by atoms with Crippen molar-refractivity contribution in [2.45, 2.75) is 6.61 Å². The topological polar surface area (TPSA) is 22.1 Å². The minimum Gasteiger partial charge on any atom is -0.487 e. The molecule has 0 aliphatic heterocycles. The van der Waals surface area contributed by atoms with Gasteiger partial charge >= 0.3 is 0 Å². The van der Waals surface area contributed by atoms with E-state index in [2.05, 4.69) is 20.9 Å². The quantitative estimate of drug-likeness (QED) is 0.527. The molecule has 0 saturated carbocycles. The number of rotatable bonds is 3. The van der Waals surface area contributed by atoms with Crippen LogP contribution in [-0.4, -0.2) is 4.98 Å². The van der Waals surface area contributed by atoms with Gasteiger partial charge in [-0.2, -0.15) is 0 Å². The van der Waals surface area contributed by atoms with Crippen LogP contribution in [0.5, 0.6) is 5.75 Å². The maximum atomic E-state index is 6.21. The summed E-state index contributed by atoms with van der Waals surface area (Å²) in [6.45, 7) is 0.312. The molecule has 106 valence electrons. The number of halogens is 3. The van der Waals surface area contributed by atoms with Crippen molar-refractivity contribution in [2.75, 3.05) is 0 Å². The third-order valence-corrected chi connectivity index (χ3v) is 4.16. The van der Waals surface area contributed by atoms with E-state index in [-0.39, 0.29) is 0 Å². The van der Waals surface area contributed by atoms with Crippen molar-refractivity contribution in [3.05, 3.63) is 68.7 Å². The van der Waals surface area contributed by atoms with E-state index < -0.39 is 0 Å². The van der Waals surface area contributed by atoms with Crippen LogP contribution in [0, 0.1) is 0 Å². The summed E-state index contributed by atoms with van der Waals surface area (Å²) in [5.74, 6) is 0.607. The lowest BCUT2D eigenvalue weighted by molar-refractivity contribution is 0.306. The van der Waals surface area contributed by atoms with Crippen LogP contribution in [0.3, 0.4) is 0 Å². The van der Waals surface area contributed by atoms with Crippen LogP contribution < -0.4 is 4.74 Å². The van der Waals surface area contributed by atoms with Gasteiger partial charge in [0.25, 0.3) is 0 Å². The fourth-order valence-electron chi connectivity index (χ4n) is 1.98. The molecule has 2 nitrogen and oxygen atoms in total. The van der Waals surface area contributed by atoms with Gasteiger partial charge in [-0.25, -0.2) is 4.98 Å². The minimum absolute atomic E-state index is 0.312. The highest BCUT2D eigenvalue weighted by Gasteiger charge is 2.08. The van der Waals surface area contributed by atoms with Gasteiger partial charge in [0.05, 0.1) is 10.5 Å². The molecule has 5 heteroatoms. The molecular formula is C16H10BrCl2NO. The Morgan fingerprint density at radius 3 is 2.71 bits per heavy atom. The Morgan fingerprint density at radius 1 is 1.05 bits per heavy atom. The van der Waals surface area contributed by atoms with Crippen molar-refractivity contribution in [2.24, 2.45) is 0 Å². The predicted octanol–water partition coefficient (Wildman–Crippen LogP) is 5.88. The van der Waals surface area contributed by atoms with Crippen molar-refractivity contribution in [1.29, 1.82) is 0 Å². The number of para-hydroxylation sites is 1. The third kappa shape index (κ3) is 3.31. The first-order chi connectivity index (χ1) is 10.1. The molecule has 0 amide bonds. The van der Waals surface area contributed by atoms with E-state index >= 15 is 0 Å². The van der Waals surface area contributed by atoms with Gasteiger partial charge in [-0.05, 0) is 30.3 Å². The number of ether oxygens (including phenoxy) is 1. The molecule has 0 fully saturated rings. The first-order valence-electron chi connectivity index (χ1n) is 6.25. The second kappa shape index (κ2) is 6.22. The Kier molecular flexibility index (Phi) is 4.34. The Hall–Kier alpha value is -1.29. The van der Waals surface area contributed by atoms with Gasteiger partial charge in [-0.1, -0.05) is 57.3 Å². The average Bonchev–Trinajstić information content (AvgIpc) is 2.48. The fraction of sp³-hybridized carbons (Fsp3) is 0.0625. The van der Waals surface area contributed by atoms with Crippen LogP contribution in [0.4, 0.5) is 0 Å². The zero-order valence-electron chi connectivity index (χ0n) is 10.8. The molecule has 1 aromatic heterocycles. The Labute approximate surface area is 140 Å². The van der Waals surface area contributed by atoms with Crippen LogP contribution >= 0.6 is 39.1 Å². The Bertz CT molecular complexity index is 807. The first-order valence-corrected chi connectivity index (χ1v) is 7.80. The standard InChI is InChI=1S/C16H10BrCl2NO/c17-12-5-6-13(18)15(8-12)21-9-11-7-10-3-1-2-4-14(10)20-16(11)19/h1-8H,9H2. The van der Waals surface area contributed by atoms with Gasteiger partial charge in [-0.3, -0.25) is 0 Å². The number of nitrogens with zero attached hydrogens (tertiary/aromatic N) is 1. The lowest BCUT2D eigenvalue weighted by atomic mass is 10.2. The maximum Gasteiger partial charge on any atom is 0.139 e. The smallest absolute Gasteiger partial charge is 0.139 e. The molecule has 3 rings (SSSR count). The van der Waals surface area contributed by atoms with Gasteiger partial charge in [0.2, 0.25) is 0 Å². The molecule has 0 aliphatic rings. The monoisotopic (exact) mass is 381 g/mol. The molecule has 0 aliphatic carbocycles. The highest BCUT2D eigenvalue weighted by Crippen LogP contribution is 2.29. The van der Waals surface area contributed by atoms with Crippen molar-refractivity contribution in [1.82, 2.24) is 4.98 Å². The highest BCUT2D eigenvalue weighted by molar-refractivity contribution is 9.10. The number of pyridine rings is 1. The van der Waals surface area contributed by atoms with Crippen molar-refractivity contribution in [3.63, 3.8) is 0 Å². The zero-order chi connectivity index (χ0) is 14.8. The number of hydrogen-bond acceptors (Lipinski definition) is 2. The summed E-state index contributed by atoms with van der Waals surface area (Å²) < 4.78 is 6.65. The molecule has 2 aromatic carbocycles. The normalized spacial score (nSPS) is 10.8. The molecular weight excluding hydrogens is 373 g/mol. The van der Waals surface area contributed by atoms with Crippen LogP contribution in [0.2, 0.25) is 10.2 Å². The lowest BCUT2D eigenvalue weighted by Gasteiger charge is -2.10. The molecule has 3 aromatic rings. The first kappa shape index (κ1) is 14.6. The molecule has 0 bridgehead atoms. The summed E-state index contributed by atoms with van der Waals surface area (Å²) in [6.07, 6.45) is 0. The summed E-state index contributed by atoms with van der Waals surface area (Å²) in [7, 11) is 0. The molecule has 0 spiro atoms. The van der Waals surface area contributed by atoms with Crippen LogP contribution in [-0.2, 0) is 6.61 Å². The van der Waals surface area contributed by atoms with Crippen LogP contribution in [0.15, 0.2) is 53.0 Å². The predicted molar refractivity (Wildman–Crippen MR) is 90.2 cm³/mol. The van der Waals surface area contributed by atoms with Gasteiger partial charge in [-0.15, -0.1) is 0 Å².